The summed E-state index contributed by atoms with van der Waals surface area (Å²) in [4.78, 5) is 9.85. The zero-order valence-electron chi connectivity index (χ0n) is 6.18. The molecule has 1 aromatic rings. The van der Waals surface area contributed by atoms with E-state index in [2.05, 4.69) is 18.8 Å². The molecule has 2 atom stereocenters. The Bertz CT molecular complexity index is 286. The largest absolute Gasteiger partial charge is 0.341 e. The van der Waals surface area contributed by atoms with E-state index in [0.29, 0.717) is 0 Å². The zero-order valence-corrected chi connectivity index (χ0v) is 8.48. The van der Waals surface area contributed by atoms with E-state index >= 15 is 0 Å². The van der Waals surface area contributed by atoms with Crippen LogP contribution < -0.4 is 4.44 Å². The molecule has 1 rings (SSSR count). The topological polar surface area (TPSA) is 46.4 Å². The number of benzene rings is 1. The molecule has 0 aliphatic rings. The average molecular weight is 202 g/mol. The second-order valence-electron chi connectivity index (χ2n) is 2.18. The maximum absolute atomic E-state index is 10.3. The summed E-state index contributed by atoms with van der Waals surface area (Å²) in [6.07, 6.45) is 0. The average Bonchev–Trinajstić information content (AvgIpc) is 2.04. The lowest BCUT2D eigenvalue weighted by molar-refractivity contribution is -0.384. The second-order valence-corrected chi connectivity index (χ2v) is 3.89. The number of nitro benzene ring substituents is 1. The molecule has 2 unspecified atom stereocenters. The van der Waals surface area contributed by atoms with Crippen molar-refractivity contribution in [2.75, 3.05) is 4.44 Å². The SMILES string of the molecule is O=[N+]([O-])c1ccc(N(P)P)cc1. The Balaban J connectivity index is 2.93. The lowest BCUT2D eigenvalue weighted by atomic mass is 10.3. The fourth-order valence-electron chi connectivity index (χ4n) is 0.746. The Hall–Kier alpha value is -0.720. The normalized spacial score (nSPS) is 9.50. The van der Waals surface area contributed by atoms with Crippen LogP contribution in [0.2, 0.25) is 0 Å². The molecule has 6 heteroatoms. The van der Waals surface area contributed by atoms with E-state index in [-0.39, 0.29) is 5.69 Å². The summed E-state index contributed by atoms with van der Waals surface area (Å²) in [5, 5.41) is 10.3. The van der Waals surface area contributed by atoms with Gasteiger partial charge in [0.1, 0.15) is 0 Å². The van der Waals surface area contributed by atoms with Crippen molar-refractivity contribution in [1.82, 2.24) is 0 Å². The minimum Gasteiger partial charge on any atom is -0.341 e. The first kappa shape index (κ1) is 9.37. The van der Waals surface area contributed by atoms with E-state index in [9.17, 15) is 10.1 Å². The Kier molecular flexibility index (Phi) is 2.96. The van der Waals surface area contributed by atoms with Crippen molar-refractivity contribution in [2.45, 2.75) is 0 Å². The lowest BCUT2D eigenvalue weighted by Gasteiger charge is -2.09. The minimum atomic E-state index is -0.417. The number of hydrogen-bond acceptors (Lipinski definition) is 3. The molecule has 0 amide bonds. The quantitative estimate of drug-likeness (QED) is 0.418. The molecule has 0 aliphatic heterocycles. The highest BCUT2D eigenvalue weighted by Crippen LogP contribution is 2.24. The van der Waals surface area contributed by atoms with E-state index in [1.807, 2.05) is 0 Å². The van der Waals surface area contributed by atoms with Gasteiger partial charge in [-0.05, 0) is 30.9 Å². The van der Waals surface area contributed by atoms with Gasteiger partial charge in [0.15, 0.2) is 0 Å². The van der Waals surface area contributed by atoms with Gasteiger partial charge in [-0.3, -0.25) is 10.1 Å². The molecule has 12 heavy (non-hydrogen) atoms. The third kappa shape index (κ3) is 2.13. The second kappa shape index (κ2) is 3.79. The van der Waals surface area contributed by atoms with Crippen molar-refractivity contribution in [2.24, 2.45) is 0 Å². The van der Waals surface area contributed by atoms with Crippen LogP contribution in [0.5, 0.6) is 0 Å². The van der Waals surface area contributed by atoms with Gasteiger partial charge < -0.3 is 4.44 Å². The fourth-order valence-corrected chi connectivity index (χ4v) is 1.09. The molecule has 0 fully saturated rings. The van der Waals surface area contributed by atoms with E-state index < -0.39 is 4.92 Å². The standard InChI is InChI=1S/C6H8N2O2P2/c9-7(10)5-1-3-6(4-2-5)8(11)12/h1-4H,11-12H2. The van der Waals surface area contributed by atoms with Crippen molar-refractivity contribution in [3.05, 3.63) is 34.4 Å². The van der Waals surface area contributed by atoms with Gasteiger partial charge in [0, 0.05) is 17.8 Å². The lowest BCUT2D eigenvalue weighted by Crippen LogP contribution is -1.91. The molecule has 0 saturated heterocycles. The van der Waals surface area contributed by atoms with Gasteiger partial charge in [0.2, 0.25) is 0 Å². The van der Waals surface area contributed by atoms with Gasteiger partial charge in [-0.15, -0.1) is 0 Å². The summed E-state index contributed by atoms with van der Waals surface area (Å²) < 4.78 is 1.73. The summed E-state index contributed by atoms with van der Waals surface area (Å²) in [7, 11) is 4.88. The smallest absolute Gasteiger partial charge is 0.269 e. The Labute approximate surface area is 74.6 Å². The van der Waals surface area contributed by atoms with Gasteiger partial charge in [-0.2, -0.15) is 0 Å². The molecule has 0 bridgehead atoms. The van der Waals surface area contributed by atoms with Crippen LogP contribution in [0.1, 0.15) is 0 Å². The molecule has 4 nitrogen and oxygen atoms in total. The minimum absolute atomic E-state index is 0.107. The molecule has 64 valence electrons. The number of rotatable bonds is 2. The van der Waals surface area contributed by atoms with Crippen LogP contribution >= 0.6 is 18.8 Å². The van der Waals surface area contributed by atoms with Crippen LogP contribution in [0.4, 0.5) is 11.4 Å². The molecule has 0 N–H and O–H groups in total. The van der Waals surface area contributed by atoms with Crippen LogP contribution in [-0.4, -0.2) is 4.92 Å². The van der Waals surface area contributed by atoms with Crippen molar-refractivity contribution in [3.63, 3.8) is 0 Å². The highest BCUT2D eigenvalue weighted by molar-refractivity contribution is 7.39. The Morgan fingerprint density at radius 2 is 1.75 bits per heavy atom. The van der Waals surface area contributed by atoms with E-state index in [0.717, 1.165) is 5.69 Å². The number of hydrogen-bond donors (Lipinski definition) is 0. The first-order valence-electron chi connectivity index (χ1n) is 3.15. The number of anilines is 1. The molecular formula is C6H8N2O2P2. The van der Waals surface area contributed by atoms with Crippen LogP contribution in [0.25, 0.3) is 0 Å². The summed E-state index contributed by atoms with van der Waals surface area (Å²) in [6, 6.07) is 6.29. The van der Waals surface area contributed by atoms with E-state index in [1.165, 1.54) is 12.1 Å². The maximum atomic E-state index is 10.3. The number of nitro groups is 1. The first-order valence-corrected chi connectivity index (χ1v) is 4.18. The maximum Gasteiger partial charge on any atom is 0.269 e. The fraction of sp³-hybridized carbons (Fsp3) is 0. The molecule has 0 spiro atoms. The predicted molar refractivity (Wildman–Crippen MR) is 55.0 cm³/mol. The highest BCUT2D eigenvalue weighted by atomic mass is 31.1. The van der Waals surface area contributed by atoms with Crippen LogP contribution in [0, 0.1) is 10.1 Å². The van der Waals surface area contributed by atoms with Gasteiger partial charge in [0.25, 0.3) is 5.69 Å². The third-order valence-corrected chi connectivity index (χ3v) is 1.95. The number of non-ortho nitro benzene ring substituents is 1. The molecule has 0 heterocycles. The van der Waals surface area contributed by atoms with Gasteiger partial charge in [-0.25, -0.2) is 0 Å². The number of nitrogens with zero attached hydrogens (tertiary/aromatic N) is 2. The Morgan fingerprint density at radius 3 is 2.08 bits per heavy atom. The van der Waals surface area contributed by atoms with E-state index in [1.54, 1.807) is 16.6 Å². The summed E-state index contributed by atoms with van der Waals surface area (Å²) >= 11 is 0. The van der Waals surface area contributed by atoms with Gasteiger partial charge in [0.05, 0.1) is 4.92 Å². The van der Waals surface area contributed by atoms with Crippen molar-refractivity contribution in [1.29, 1.82) is 0 Å². The zero-order chi connectivity index (χ0) is 9.14. The monoisotopic (exact) mass is 202 g/mol. The van der Waals surface area contributed by atoms with Crippen molar-refractivity contribution < 1.29 is 4.92 Å². The highest BCUT2D eigenvalue weighted by Gasteiger charge is 2.03. The van der Waals surface area contributed by atoms with Gasteiger partial charge in [-0.1, -0.05) is 0 Å². The molecule has 0 aromatic heterocycles. The Morgan fingerprint density at radius 1 is 1.25 bits per heavy atom. The van der Waals surface area contributed by atoms with Gasteiger partial charge >= 0.3 is 0 Å². The van der Waals surface area contributed by atoms with Crippen molar-refractivity contribution >= 4 is 30.2 Å². The molecule has 0 radical (unpaired) electrons. The van der Waals surface area contributed by atoms with Crippen LogP contribution in [-0.2, 0) is 0 Å². The summed E-state index contributed by atoms with van der Waals surface area (Å²) in [6.45, 7) is 0. The molecular weight excluding hydrogens is 194 g/mol. The molecule has 0 saturated carbocycles. The molecule has 1 aromatic carbocycles. The summed E-state index contributed by atoms with van der Waals surface area (Å²) in [5.74, 6) is 0. The van der Waals surface area contributed by atoms with E-state index in [4.69, 9.17) is 0 Å². The summed E-state index contributed by atoms with van der Waals surface area (Å²) in [5.41, 5.74) is 0.992. The predicted octanol–water partition coefficient (Wildman–Crippen LogP) is 1.98. The third-order valence-electron chi connectivity index (χ3n) is 1.36. The van der Waals surface area contributed by atoms with Crippen LogP contribution in [0.15, 0.2) is 24.3 Å². The molecule has 0 aliphatic carbocycles. The van der Waals surface area contributed by atoms with Crippen molar-refractivity contribution in [3.8, 4) is 0 Å². The van der Waals surface area contributed by atoms with Crippen LogP contribution in [0.3, 0.4) is 0 Å². The first-order chi connectivity index (χ1) is 5.61.